The molecule has 2 aromatic rings. The summed E-state index contributed by atoms with van der Waals surface area (Å²) in [5.74, 6) is 1.37. The zero-order chi connectivity index (χ0) is 25.3. The number of aromatic amines is 2. The summed E-state index contributed by atoms with van der Waals surface area (Å²) in [6.45, 7) is 5.88. The summed E-state index contributed by atoms with van der Waals surface area (Å²) in [5.41, 5.74) is 2.48. The van der Waals surface area contributed by atoms with Crippen LogP contribution < -0.4 is 14.8 Å². The van der Waals surface area contributed by atoms with Crippen LogP contribution in [0.2, 0.25) is 0 Å². The van der Waals surface area contributed by atoms with Crippen molar-refractivity contribution in [3.8, 4) is 22.8 Å². The zero-order valence-electron chi connectivity index (χ0n) is 20.3. The van der Waals surface area contributed by atoms with E-state index in [1.54, 1.807) is 12.1 Å². The quantitative estimate of drug-likeness (QED) is 0.168. The first-order valence-corrected chi connectivity index (χ1v) is 11.8. The molecule has 0 amide bonds. The third-order valence-corrected chi connectivity index (χ3v) is 5.32. The van der Waals surface area contributed by atoms with Gasteiger partial charge in [0.1, 0.15) is 24.8 Å². The SMILES string of the molecule is CCOc1cc2cc3c(Nc4cccc(F)c4)[nH][nH]c-3c2cc1OCCOCCOCCOC(C)=O. The van der Waals surface area contributed by atoms with Gasteiger partial charge in [-0.15, -0.1) is 0 Å². The summed E-state index contributed by atoms with van der Waals surface area (Å²) in [6, 6.07) is 12.2. The van der Waals surface area contributed by atoms with Crippen LogP contribution in [0.1, 0.15) is 13.8 Å². The third kappa shape index (κ3) is 6.46. The molecule has 2 aromatic carbocycles. The summed E-state index contributed by atoms with van der Waals surface area (Å²) < 4.78 is 41.0. The van der Waals surface area contributed by atoms with Crippen LogP contribution in [-0.2, 0) is 19.0 Å². The van der Waals surface area contributed by atoms with Gasteiger partial charge in [0.15, 0.2) is 11.5 Å². The molecule has 3 N–H and O–H groups in total. The monoisotopic (exact) mass is 499 g/mol. The van der Waals surface area contributed by atoms with E-state index in [0.717, 1.165) is 27.8 Å². The molecule has 192 valence electrons. The number of hydrogen-bond acceptors (Lipinski definition) is 7. The minimum Gasteiger partial charge on any atom is -0.490 e. The molecule has 0 aromatic heterocycles. The molecular weight excluding hydrogens is 469 g/mol. The van der Waals surface area contributed by atoms with Crippen LogP contribution in [0.15, 0.2) is 42.5 Å². The average molecular weight is 500 g/mol. The Morgan fingerprint density at radius 1 is 0.917 bits per heavy atom. The number of halogens is 1. The Bertz CT molecular complexity index is 1250. The molecule has 1 aliphatic carbocycles. The number of rotatable bonds is 14. The minimum absolute atomic E-state index is 0.233. The molecule has 36 heavy (non-hydrogen) atoms. The molecule has 0 bridgehead atoms. The van der Waals surface area contributed by atoms with Gasteiger partial charge in [-0.25, -0.2) is 4.39 Å². The molecule has 0 radical (unpaired) electrons. The number of nitrogens with one attached hydrogen (secondary N) is 3. The smallest absolute Gasteiger partial charge is 0.302 e. The Kier molecular flexibility index (Phi) is 8.64. The maximum absolute atomic E-state index is 13.6. The van der Waals surface area contributed by atoms with Crippen LogP contribution >= 0.6 is 0 Å². The zero-order valence-corrected chi connectivity index (χ0v) is 20.3. The van der Waals surface area contributed by atoms with E-state index in [9.17, 15) is 9.18 Å². The molecule has 10 heteroatoms. The fraction of sp³-hybridized carbons (Fsp3) is 0.346. The van der Waals surface area contributed by atoms with Gasteiger partial charge in [0, 0.05) is 23.6 Å². The van der Waals surface area contributed by atoms with Crippen LogP contribution in [0.5, 0.6) is 11.5 Å². The second-order valence-electron chi connectivity index (χ2n) is 7.93. The van der Waals surface area contributed by atoms with Crippen molar-refractivity contribution in [1.82, 2.24) is 10.2 Å². The standard InChI is InChI=1S/C26H30FN3O6/c1-3-34-23-14-18-13-22-25(29-30-26(22)28-20-6-4-5-19(27)15-20)21(18)16-24(23)36-12-10-33-8-7-32-9-11-35-17(2)31/h4-6,13-16,28-30H,3,7-12H2,1-2H3. The van der Waals surface area contributed by atoms with E-state index in [2.05, 4.69) is 15.5 Å². The summed E-state index contributed by atoms with van der Waals surface area (Å²) in [6.07, 6.45) is 0. The van der Waals surface area contributed by atoms with Crippen LogP contribution in [0, 0.1) is 5.82 Å². The van der Waals surface area contributed by atoms with Crippen molar-refractivity contribution in [1.29, 1.82) is 0 Å². The Morgan fingerprint density at radius 2 is 1.67 bits per heavy atom. The van der Waals surface area contributed by atoms with E-state index >= 15 is 0 Å². The second-order valence-corrected chi connectivity index (χ2v) is 7.93. The molecule has 0 saturated carbocycles. The first kappa shape index (κ1) is 25.3. The van der Waals surface area contributed by atoms with E-state index in [1.165, 1.54) is 19.1 Å². The van der Waals surface area contributed by atoms with Crippen molar-refractivity contribution in [2.75, 3.05) is 51.6 Å². The number of carbonyl (C=O) groups is 1. The molecule has 0 spiro atoms. The van der Waals surface area contributed by atoms with Crippen LogP contribution in [0.3, 0.4) is 0 Å². The van der Waals surface area contributed by atoms with Crippen LogP contribution in [-0.4, -0.2) is 62.4 Å². The fourth-order valence-corrected chi connectivity index (χ4v) is 3.78. The first-order chi connectivity index (χ1) is 17.5. The number of H-pyrrole nitrogens is 2. The van der Waals surface area contributed by atoms with Gasteiger partial charge in [0.05, 0.1) is 38.7 Å². The molecule has 0 saturated heterocycles. The normalized spacial score (nSPS) is 11.2. The molecule has 2 aliphatic rings. The van der Waals surface area contributed by atoms with E-state index in [1.807, 2.05) is 25.1 Å². The van der Waals surface area contributed by atoms with E-state index in [-0.39, 0.29) is 18.4 Å². The van der Waals surface area contributed by atoms with Crippen molar-refractivity contribution >= 4 is 28.2 Å². The molecule has 4 rings (SSSR count). The summed E-state index contributed by atoms with van der Waals surface area (Å²) in [7, 11) is 0. The first-order valence-electron chi connectivity index (χ1n) is 11.8. The van der Waals surface area contributed by atoms with Crippen LogP contribution in [0.4, 0.5) is 15.9 Å². The van der Waals surface area contributed by atoms with Gasteiger partial charge >= 0.3 is 5.97 Å². The highest BCUT2D eigenvalue weighted by Crippen LogP contribution is 2.43. The summed E-state index contributed by atoms with van der Waals surface area (Å²) >= 11 is 0. The van der Waals surface area contributed by atoms with Crippen molar-refractivity contribution in [2.24, 2.45) is 0 Å². The lowest BCUT2D eigenvalue weighted by Crippen LogP contribution is -2.13. The van der Waals surface area contributed by atoms with Gasteiger partial charge in [-0.1, -0.05) is 6.07 Å². The van der Waals surface area contributed by atoms with Gasteiger partial charge in [-0.2, -0.15) is 0 Å². The number of esters is 1. The van der Waals surface area contributed by atoms with Gasteiger partial charge in [0.25, 0.3) is 0 Å². The Morgan fingerprint density at radius 3 is 2.42 bits per heavy atom. The van der Waals surface area contributed by atoms with Crippen molar-refractivity contribution in [3.05, 3.63) is 48.3 Å². The minimum atomic E-state index is -0.325. The Hall–Kier alpha value is -3.76. The Balaban J connectivity index is 1.35. The van der Waals surface area contributed by atoms with Crippen molar-refractivity contribution in [2.45, 2.75) is 13.8 Å². The van der Waals surface area contributed by atoms with Gasteiger partial charge in [-0.3, -0.25) is 15.0 Å². The molecule has 0 unspecified atom stereocenters. The van der Waals surface area contributed by atoms with Gasteiger partial charge in [0.2, 0.25) is 0 Å². The van der Waals surface area contributed by atoms with Gasteiger partial charge in [-0.05, 0) is 48.7 Å². The number of fused-ring (bicyclic) bond motifs is 3. The number of ether oxygens (including phenoxy) is 5. The van der Waals surface area contributed by atoms with E-state index < -0.39 is 0 Å². The van der Waals surface area contributed by atoms with E-state index in [4.69, 9.17) is 23.7 Å². The molecular formula is C26H30FN3O6. The summed E-state index contributed by atoms with van der Waals surface area (Å²) in [4.78, 5) is 10.7. The second kappa shape index (κ2) is 12.3. The summed E-state index contributed by atoms with van der Waals surface area (Å²) in [5, 5.41) is 11.5. The molecule has 9 nitrogen and oxygen atoms in total. The number of carbonyl (C=O) groups excluding carboxylic acids is 1. The molecule has 0 fully saturated rings. The molecule has 1 heterocycles. The fourth-order valence-electron chi connectivity index (χ4n) is 3.78. The van der Waals surface area contributed by atoms with Crippen molar-refractivity contribution < 1.29 is 32.9 Å². The number of hydrogen-bond donors (Lipinski definition) is 3. The third-order valence-electron chi connectivity index (χ3n) is 5.32. The average Bonchev–Trinajstić information content (AvgIpc) is 3.39. The highest BCUT2D eigenvalue weighted by molar-refractivity contribution is 6.05. The predicted octanol–water partition coefficient (Wildman–Crippen LogP) is 4.86. The Labute approximate surface area is 208 Å². The van der Waals surface area contributed by atoms with Crippen molar-refractivity contribution in [3.63, 3.8) is 0 Å². The van der Waals surface area contributed by atoms with Gasteiger partial charge < -0.3 is 29.0 Å². The topological polar surface area (TPSA) is 107 Å². The lowest BCUT2D eigenvalue weighted by atomic mass is 10.2. The number of aromatic nitrogens is 2. The highest BCUT2D eigenvalue weighted by Gasteiger charge is 2.20. The van der Waals surface area contributed by atoms with Crippen LogP contribution in [0.25, 0.3) is 22.0 Å². The lowest BCUT2D eigenvalue weighted by Gasteiger charge is -2.13. The maximum atomic E-state index is 13.6. The molecule has 1 aliphatic heterocycles. The number of anilines is 2. The lowest BCUT2D eigenvalue weighted by molar-refractivity contribution is -0.142. The predicted molar refractivity (Wildman–Crippen MR) is 134 cm³/mol. The highest BCUT2D eigenvalue weighted by atomic mass is 19.1. The maximum Gasteiger partial charge on any atom is 0.302 e. The largest absolute Gasteiger partial charge is 0.490 e. The number of benzene rings is 2. The van der Waals surface area contributed by atoms with E-state index in [0.29, 0.717) is 56.8 Å². The molecule has 0 atom stereocenters.